The minimum absolute atomic E-state index is 0.00122. The number of benzene rings is 1. The van der Waals surface area contributed by atoms with Gasteiger partial charge < -0.3 is 26.2 Å². The van der Waals surface area contributed by atoms with Gasteiger partial charge in [0.1, 0.15) is 23.8 Å². The summed E-state index contributed by atoms with van der Waals surface area (Å²) < 4.78 is 0. The fourth-order valence-electron chi connectivity index (χ4n) is 8.74. The van der Waals surface area contributed by atoms with Crippen molar-refractivity contribution in [1.29, 1.82) is 0 Å². The lowest BCUT2D eigenvalue weighted by molar-refractivity contribution is -0.169. The molecule has 2 heterocycles. The Bertz CT molecular complexity index is 1750. The predicted molar refractivity (Wildman–Crippen MR) is 198 cm³/mol. The predicted octanol–water partition coefficient (Wildman–Crippen LogP) is 2.81. The van der Waals surface area contributed by atoms with Crippen LogP contribution in [0.4, 0.5) is 0 Å². The zero-order valence-corrected chi connectivity index (χ0v) is 31.6. The molecule has 1 aromatic carbocycles. The van der Waals surface area contributed by atoms with Gasteiger partial charge in [-0.05, 0) is 73.3 Å². The maximum Gasteiger partial charge on any atom is 0.289 e. The van der Waals surface area contributed by atoms with E-state index in [9.17, 15) is 28.8 Å². The number of amides is 5. The zero-order valence-electron chi connectivity index (χ0n) is 31.6. The van der Waals surface area contributed by atoms with Gasteiger partial charge in [-0.15, -0.1) is 0 Å². The van der Waals surface area contributed by atoms with E-state index in [1.54, 1.807) is 4.90 Å². The Kier molecular flexibility index (Phi) is 10.6. The number of aromatic nitrogens is 2. The van der Waals surface area contributed by atoms with Gasteiger partial charge >= 0.3 is 0 Å². The highest BCUT2D eigenvalue weighted by atomic mass is 16.2. The van der Waals surface area contributed by atoms with Crippen molar-refractivity contribution in [3.05, 3.63) is 59.7 Å². The Morgan fingerprint density at radius 1 is 0.870 bits per heavy atom. The number of carbonyl (C=O) groups is 6. The first kappa shape index (κ1) is 37.6. The highest BCUT2D eigenvalue weighted by Crippen LogP contribution is 2.49. The molecule has 4 aliphatic carbocycles. The minimum atomic E-state index is -1.03. The molecule has 54 heavy (non-hydrogen) atoms. The number of carbonyl (C=O) groups excluding carboxylic acids is 6. The molecule has 13 nitrogen and oxygen atoms in total. The van der Waals surface area contributed by atoms with Crippen molar-refractivity contribution >= 4 is 35.3 Å². The first-order chi connectivity index (χ1) is 25.8. The first-order valence-corrected chi connectivity index (χ1v) is 19.7. The van der Waals surface area contributed by atoms with Gasteiger partial charge in [0.15, 0.2) is 0 Å². The molecule has 13 heteroatoms. The van der Waals surface area contributed by atoms with Crippen molar-refractivity contribution in [3.8, 4) is 0 Å². The van der Waals surface area contributed by atoms with E-state index >= 15 is 0 Å². The lowest BCUT2D eigenvalue weighted by atomic mass is 9.67. The van der Waals surface area contributed by atoms with Crippen LogP contribution in [0.15, 0.2) is 42.9 Å². The number of hydrogen-bond acceptors (Lipinski definition) is 8. The van der Waals surface area contributed by atoms with Crippen molar-refractivity contribution in [3.63, 3.8) is 0 Å². The normalized spacial score (nSPS) is 22.2. The summed E-state index contributed by atoms with van der Waals surface area (Å²) >= 11 is 0. The average molecular weight is 740 g/mol. The van der Waals surface area contributed by atoms with E-state index in [1.807, 2.05) is 45.0 Å². The summed E-state index contributed by atoms with van der Waals surface area (Å²) in [5, 5.41) is 11.7. The van der Waals surface area contributed by atoms with Gasteiger partial charge in [-0.2, -0.15) is 0 Å². The largest absolute Gasteiger partial charge is 0.347 e. The summed E-state index contributed by atoms with van der Waals surface area (Å²) in [5.74, 6) is -3.06. The lowest BCUT2D eigenvalue weighted by Gasteiger charge is -2.56. The molecular formula is C41H53N7O6. The Labute approximate surface area is 316 Å². The second-order valence-electron chi connectivity index (χ2n) is 17.5. The zero-order chi connectivity index (χ0) is 38.2. The number of Topliss-reactive ketones (excluding diaryl/α,β-unsaturated/α-hetero) is 1. The second-order valence-corrected chi connectivity index (χ2v) is 17.5. The van der Waals surface area contributed by atoms with Crippen LogP contribution in [0.25, 0.3) is 0 Å². The van der Waals surface area contributed by atoms with Crippen LogP contribution in [0.1, 0.15) is 107 Å². The van der Waals surface area contributed by atoms with Crippen LogP contribution in [0.3, 0.4) is 0 Å². The van der Waals surface area contributed by atoms with E-state index in [1.165, 1.54) is 18.6 Å². The van der Waals surface area contributed by atoms with Crippen LogP contribution in [0.2, 0.25) is 0 Å². The molecule has 0 radical (unpaired) electrons. The standard InChI is InChI=1S/C41H53N7O6/c1-40(2,3)33(47-36(51)31(25-9-5-4-6-10-25)46-35(50)30-22-42-17-18-43-30)39(54)48-23-41(20-26-11-7-8-12-27(26)21-41)34(48)38(53)45-29(19-24-13-14-24)32(49)37(52)44-28-15-16-28/h7-8,11-12,17-18,22,24-25,28-29,31,33-34H,4-6,9-10,13-16,19-21,23H2,1-3H3,(H,44,52)(H,45,53)(H,46,50)(H,47,51)/t29?,31-,33+,34?/m0/s1. The van der Waals surface area contributed by atoms with Gasteiger partial charge in [0.05, 0.1) is 12.2 Å². The van der Waals surface area contributed by atoms with E-state index in [0.29, 0.717) is 25.8 Å². The number of likely N-dealkylation sites (tertiary alicyclic amines) is 1. The van der Waals surface area contributed by atoms with Crippen molar-refractivity contribution in [2.75, 3.05) is 6.54 Å². The van der Waals surface area contributed by atoms with E-state index in [0.717, 1.165) is 68.9 Å². The summed E-state index contributed by atoms with van der Waals surface area (Å²) in [4.78, 5) is 93.0. The SMILES string of the molecule is CC(C)(C)[C@H](NC(=O)[C@@H](NC(=O)c1cnccn1)C1CCCCC1)C(=O)N1CC2(Cc3ccccc3C2)C1C(=O)NC(CC1CC1)C(=O)C(=O)NC1CC1. The number of hydrogen-bond donors (Lipinski definition) is 4. The molecule has 2 aromatic rings. The fraction of sp³-hybridized carbons (Fsp3) is 0.610. The van der Waals surface area contributed by atoms with Crippen LogP contribution in [0.5, 0.6) is 0 Å². The molecule has 5 amide bonds. The lowest BCUT2D eigenvalue weighted by Crippen LogP contribution is -2.75. The van der Waals surface area contributed by atoms with Crippen LogP contribution >= 0.6 is 0 Å². The Hall–Kier alpha value is -4.68. The maximum absolute atomic E-state index is 14.8. The smallest absolute Gasteiger partial charge is 0.289 e. The highest BCUT2D eigenvalue weighted by molar-refractivity contribution is 6.38. The van der Waals surface area contributed by atoms with Crippen LogP contribution in [-0.4, -0.2) is 86.9 Å². The third-order valence-electron chi connectivity index (χ3n) is 12.0. The van der Waals surface area contributed by atoms with Crippen molar-refractivity contribution in [1.82, 2.24) is 36.1 Å². The van der Waals surface area contributed by atoms with Crippen LogP contribution in [0, 0.1) is 22.7 Å². The van der Waals surface area contributed by atoms with Gasteiger partial charge in [0.2, 0.25) is 23.5 Å². The molecular weight excluding hydrogens is 686 g/mol. The second kappa shape index (κ2) is 15.2. The number of fused-ring (bicyclic) bond motifs is 1. The molecule has 5 aliphatic rings. The van der Waals surface area contributed by atoms with E-state index in [-0.39, 0.29) is 23.6 Å². The molecule has 1 spiro atoms. The minimum Gasteiger partial charge on any atom is -0.347 e. The molecule has 1 saturated heterocycles. The quantitative estimate of drug-likeness (QED) is 0.227. The van der Waals surface area contributed by atoms with Crippen LogP contribution < -0.4 is 21.3 Å². The molecule has 1 aliphatic heterocycles. The van der Waals surface area contributed by atoms with Gasteiger partial charge in [-0.1, -0.05) is 77.1 Å². The monoisotopic (exact) mass is 739 g/mol. The average Bonchev–Trinajstić information content (AvgIpc) is 4.09. The summed E-state index contributed by atoms with van der Waals surface area (Å²) in [7, 11) is 0. The molecule has 0 bridgehead atoms. The Morgan fingerprint density at radius 2 is 1.56 bits per heavy atom. The van der Waals surface area contributed by atoms with Gasteiger partial charge in [-0.25, -0.2) is 4.98 Å². The first-order valence-electron chi connectivity index (χ1n) is 19.7. The summed E-state index contributed by atoms with van der Waals surface area (Å²) in [6.07, 6.45) is 13.7. The third kappa shape index (κ3) is 8.19. The summed E-state index contributed by atoms with van der Waals surface area (Å²) in [6, 6.07) is 4.17. The molecule has 4 N–H and O–H groups in total. The van der Waals surface area contributed by atoms with Crippen LogP contribution in [-0.2, 0) is 36.8 Å². The van der Waals surface area contributed by atoms with E-state index < -0.39 is 70.3 Å². The molecule has 288 valence electrons. The molecule has 1 aromatic heterocycles. The summed E-state index contributed by atoms with van der Waals surface area (Å²) in [6.45, 7) is 5.88. The number of rotatable bonds is 13. The van der Waals surface area contributed by atoms with Gasteiger partial charge in [0.25, 0.3) is 11.8 Å². The molecule has 7 rings (SSSR count). The van der Waals surface area contributed by atoms with E-state index in [2.05, 4.69) is 31.2 Å². The number of ketones is 1. The van der Waals surface area contributed by atoms with Gasteiger partial charge in [-0.3, -0.25) is 33.8 Å². The van der Waals surface area contributed by atoms with Crippen molar-refractivity contribution < 1.29 is 28.8 Å². The van der Waals surface area contributed by atoms with Crippen molar-refractivity contribution in [2.45, 2.75) is 128 Å². The Morgan fingerprint density at radius 3 is 2.15 bits per heavy atom. The van der Waals surface area contributed by atoms with Gasteiger partial charge in [0, 0.05) is 30.4 Å². The number of nitrogens with zero attached hydrogens (tertiary/aromatic N) is 3. The molecule has 4 atom stereocenters. The topological polar surface area (TPSA) is 180 Å². The van der Waals surface area contributed by atoms with Crippen molar-refractivity contribution in [2.24, 2.45) is 22.7 Å². The molecule has 4 fully saturated rings. The third-order valence-corrected chi connectivity index (χ3v) is 12.0. The Balaban J connectivity index is 1.14. The van der Waals surface area contributed by atoms with E-state index in [4.69, 9.17) is 0 Å². The molecule has 3 saturated carbocycles. The number of nitrogens with one attached hydrogen (secondary N) is 4. The fourth-order valence-corrected chi connectivity index (χ4v) is 8.74. The maximum atomic E-state index is 14.8. The molecule has 2 unspecified atom stereocenters. The summed E-state index contributed by atoms with van der Waals surface area (Å²) in [5.41, 5.74) is 0.954. The highest BCUT2D eigenvalue weighted by Gasteiger charge is 2.61.